The van der Waals surface area contributed by atoms with Gasteiger partial charge in [-0.25, -0.2) is 0 Å². The molecule has 1 heterocycles. The first-order valence-corrected chi connectivity index (χ1v) is 8.07. The molecular formula is C18H21N5O4. The number of anilines is 3. The molecule has 0 aliphatic rings. The van der Waals surface area contributed by atoms with Crippen LogP contribution in [0.3, 0.4) is 0 Å². The van der Waals surface area contributed by atoms with Crippen molar-refractivity contribution in [3.8, 4) is 23.4 Å². The van der Waals surface area contributed by atoms with E-state index in [4.69, 9.17) is 30.9 Å². The number of ether oxygens (including phenoxy) is 3. The third-order valence-corrected chi connectivity index (χ3v) is 3.66. The summed E-state index contributed by atoms with van der Waals surface area (Å²) in [7, 11) is 2.97. The van der Waals surface area contributed by atoms with Crippen molar-refractivity contribution in [3.63, 3.8) is 0 Å². The summed E-state index contributed by atoms with van der Waals surface area (Å²) in [6.45, 7) is 2.06. The van der Waals surface area contributed by atoms with Gasteiger partial charge in [-0.3, -0.25) is 4.79 Å². The summed E-state index contributed by atoms with van der Waals surface area (Å²) in [5.41, 5.74) is 13.0. The van der Waals surface area contributed by atoms with Crippen LogP contribution in [-0.4, -0.2) is 31.7 Å². The van der Waals surface area contributed by atoms with Gasteiger partial charge < -0.3 is 31.0 Å². The minimum atomic E-state index is -0.362. The molecule has 9 heteroatoms. The molecule has 0 fully saturated rings. The molecule has 1 aromatic carbocycles. The maximum atomic E-state index is 12.4. The molecule has 0 atom stereocenters. The van der Waals surface area contributed by atoms with Crippen LogP contribution >= 0.6 is 0 Å². The summed E-state index contributed by atoms with van der Waals surface area (Å²) < 4.78 is 15.8. The maximum absolute atomic E-state index is 12.4. The van der Waals surface area contributed by atoms with Crippen molar-refractivity contribution >= 4 is 23.1 Å². The topological polar surface area (TPSA) is 146 Å². The van der Waals surface area contributed by atoms with Gasteiger partial charge in [-0.15, -0.1) is 0 Å². The molecule has 0 bridgehead atoms. The molecule has 2 rings (SSSR count). The van der Waals surface area contributed by atoms with Gasteiger partial charge in [0.15, 0.2) is 0 Å². The van der Waals surface area contributed by atoms with Crippen molar-refractivity contribution in [1.82, 2.24) is 4.98 Å². The number of nitrogens with two attached hydrogens (primary N) is 2. The lowest BCUT2D eigenvalue weighted by molar-refractivity contribution is -0.115. The molecule has 0 unspecified atom stereocenters. The van der Waals surface area contributed by atoms with Crippen LogP contribution in [0.5, 0.6) is 17.4 Å². The Kier molecular flexibility index (Phi) is 6.27. The van der Waals surface area contributed by atoms with Crippen LogP contribution in [0.2, 0.25) is 0 Å². The molecule has 142 valence electrons. The Morgan fingerprint density at radius 3 is 2.48 bits per heavy atom. The van der Waals surface area contributed by atoms with E-state index in [0.717, 1.165) is 0 Å². The van der Waals surface area contributed by atoms with Crippen molar-refractivity contribution < 1.29 is 19.0 Å². The molecule has 0 saturated heterocycles. The minimum absolute atomic E-state index is 0.00856. The van der Waals surface area contributed by atoms with E-state index in [2.05, 4.69) is 10.3 Å². The lowest BCUT2D eigenvalue weighted by Crippen LogP contribution is -2.17. The van der Waals surface area contributed by atoms with E-state index in [-0.39, 0.29) is 35.3 Å². The zero-order valence-corrected chi connectivity index (χ0v) is 15.3. The number of hydrogen-bond acceptors (Lipinski definition) is 8. The standard InChI is InChI=1S/C18H21N5O4/c1-4-27-18-11(9-19)12(20)8-16(23-18)22-17(24)6-10-5-15(26-3)13(21)7-14(10)25-2/h5,7-8H,4,6,21H2,1-3H3,(H3,20,22,23,24). The highest BCUT2D eigenvalue weighted by Crippen LogP contribution is 2.31. The number of rotatable bonds is 7. The van der Waals surface area contributed by atoms with Gasteiger partial charge in [-0.1, -0.05) is 0 Å². The summed E-state index contributed by atoms with van der Waals surface area (Å²) >= 11 is 0. The van der Waals surface area contributed by atoms with E-state index >= 15 is 0 Å². The fourth-order valence-electron chi connectivity index (χ4n) is 2.44. The maximum Gasteiger partial charge on any atom is 0.235 e. The Labute approximate surface area is 156 Å². The fraction of sp³-hybridized carbons (Fsp3) is 0.278. The first kappa shape index (κ1) is 19.7. The number of methoxy groups -OCH3 is 2. The summed E-state index contributed by atoms with van der Waals surface area (Å²) in [5, 5.41) is 11.8. The molecule has 0 aliphatic carbocycles. The third kappa shape index (κ3) is 4.49. The Morgan fingerprint density at radius 1 is 1.19 bits per heavy atom. The number of aromatic nitrogens is 1. The van der Waals surface area contributed by atoms with Crippen LogP contribution in [0.4, 0.5) is 17.2 Å². The summed E-state index contributed by atoms with van der Waals surface area (Å²) in [6.07, 6.45) is -0.00856. The number of nitrogens with zero attached hydrogens (tertiary/aromatic N) is 2. The molecule has 0 aliphatic heterocycles. The number of nitriles is 1. The number of amides is 1. The van der Waals surface area contributed by atoms with E-state index in [9.17, 15) is 4.79 Å². The van der Waals surface area contributed by atoms with Crippen LogP contribution < -0.4 is 31.0 Å². The Hall–Kier alpha value is -3.67. The van der Waals surface area contributed by atoms with Crippen LogP contribution in [0.15, 0.2) is 18.2 Å². The molecule has 27 heavy (non-hydrogen) atoms. The van der Waals surface area contributed by atoms with E-state index in [1.54, 1.807) is 19.1 Å². The quantitative estimate of drug-likeness (QED) is 0.624. The second-order valence-corrected chi connectivity index (χ2v) is 5.45. The summed E-state index contributed by atoms with van der Waals surface area (Å²) in [4.78, 5) is 16.6. The van der Waals surface area contributed by atoms with Crippen molar-refractivity contribution in [1.29, 1.82) is 5.26 Å². The predicted octanol–water partition coefficient (Wildman–Crippen LogP) is 1.71. The van der Waals surface area contributed by atoms with Gasteiger partial charge in [0, 0.05) is 17.7 Å². The Morgan fingerprint density at radius 2 is 1.89 bits per heavy atom. The van der Waals surface area contributed by atoms with Crippen molar-refractivity contribution in [3.05, 3.63) is 29.3 Å². The normalized spacial score (nSPS) is 10.0. The third-order valence-electron chi connectivity index (χ3n) is 3.66. The van der Waals surface area contributed by atoms with Crippen molar-refractivity contribution in [2.75, 3.05) is 37.6 Å². The Balaban J connectivity index is 2.25. The lowest BCUT2D eigenvalue weighted by Gasteiger charge is -2.13. The van der Waals surface area contributed by atoms with Gasteiger partial charge in [0.2, 0.25) is 11.8 Å². The van der Waals surface area contributed by atoms with Crippen LogP contribution in [0.25, 0.3) is 0 Å². The Bertz CT molecular complexity index is 892. The molecule has 0 spiro atoms. The zero-order valence-electron chi connectivity index (χ0n) is 15.3. The fourth-order valence-corrected chi connectivity index (χ4v) is 2.44. The molecule has 9 nitrogen and oxygen atoms in total. The molecule has 1 aromatic heterocycles. The van der Waals surface area contributed by atoms with Gasteiger partial charge >= 0.3 is 0 Å². The molecular weight excluding hydrogens is 350 g/mol. The average molecular weight is 371 g/mol. The second-order valence-electron chi connectivity index (χ2n) is 5.45. The van der Waals surface area contributed by atoms with Crippen LogP contribution in [0, 0.1) is 11.3 Å². The van der Waals surface area contributed by atoms with Gasteiger partial charge in [0.1, 0.15) is 28.9 Å². The summed E-state index contributed by atoms with van der Waals surface area (Å²) in [5.74, 6) is 0.797. The highest BCUT2D eigenvalue weighted by Gasteiger charge is 2.16. The van der Waals surface area contributed by atoms with Crippen molar-refractivity contribution in [2.45, 2.75) is 13.3 Å². The van der Waals surface area contributed by atoms with Crippen LogP contribution in [0.1, 0.15) is 18.1 Å². The number of carbonyl (C=O) groups excluding carboxylic acids is 1. The van der Waals surface area contributed by atoms with E-state index in [1.165, 1.54) is 20.3 Å². The van der Waals surface area contributed by atoms with Crippen LogP contribution in [-0.2, 0) is 11.2 Å². The molecule has 5 N–H and O–H groups in total. The highest BCUT2D eigenvalue weighted by atomic mass is 16.5. The average Bonchev–Trinajstić information content (AvgIpc) is 2.62. The second kappa shape index (κ2) is 8.62. The number of benzene rings is 1. The number of nitrogens with one attached hydrogen (secondary N) is 1. The van der Waals surface area contributed by atoms with E-state index < -0.39 is 0 Å². The monoisotopic (exact) mass is 371 g/mol. The first-order valence-electron chi connectivity index (χ1n) is 8.07. The lowest BCUT2D eigenvalue weighted by atomic mass is 10.1. The van der Waals surface area contributed by atoms with Crippen molar-refractivity contribution in [2.24, 2.45) is 0 Å². The van der Waals surface area contributed by atoms with Gasteiger partial charge in [0.25, 0.3) is 0 Å². The zero-order chi connectivity index (χ0) is 20.0. The number of carbonyl (C=O) groups is 1. The van der Waals surface area contributed by atoms with Gasteiger partial charge in [-0.05, 0) is 13.0 Å². The summed E-state index contributed by atoms with van der Waals surface area (Å²) in [6, 6.07) is 6.57. The number of hydrogen-bond donors (Lipinski definition) is 3. The van der Waals surface area contributed by atoms with Gasteiger partial charge in [0.05, 0.1) is 38.6 Å². The predicted molar refractivity (Wildman–Crippen MR) is 101 cm³/mol. The van der Waals surface area contributed by atoms with E-state index in [0.29, 0.717) is 29.4 Å². The van der Waals surface area contributed by atoms with Gasteiger partial charge in [-0.2, -0.15) is 10.2 Å². The molecule has 0 saturated carbocycles. The highest BCUT2D eigenvalue weighted by molar-refractivity contribution is 5.92. The number of nitrogen functional groups attached to an aromatic ring is 2. The van der Waals surface area contributed by atoms with E-state index in [1.807, 2.05) is 6.07 Å². The largest absolute Gasteiger partial charge is 0.496 e. The SMILES string of the molecule is CCOc1nc(NC(=O)Cc2cc(OC)c(N)cc2OC)cc(N)c1C#N. The molecule has 1 amide bonds. The smallest absolute Gasteiger partial charge is 0.235 e. The molecule has 0 radical (unpaired) electrons. The minimum Gasteiger partial charge on any atom is -0.496 e. The number of pyridine rings is 1. The first-order chi connectivity index (χ1) is 12.9. The molecule has 2 aromatic rings.